The number of benzene rings is 1. The van der Waals surface area contributed by atoms with E-state index in [9.17, 15) is 0 Å². The van der Waals surface area contributed by atoms with Crippen molar-refractivity contribution < 1.29 is 0 Å². The van der Waals surface area contributed by atoms with Crippen LogP contribution < -0.4 is 0 Å². The SMILES string of the molecule is CN1CCN(CCCn2cnc3c(Br)c(Br)c(Br)c(Br)c32)CC1. The van der Waals surface area contributed by atoms with Crippen LogP contribution in [0.15, 0.2) is 24.2 Å². The van der Waals surface area contributed by atoms with Crippen LogP contribution in [0.2, 0.25) is 0 Å². The highest BCUT2D eigenvalue weighted by Crippen LogP contribution is 2.42. The fraction of sp³-hybridized carbons (Fsp3) is 0.533. The van der Waals surface area contributed by atoms with Crippen LogP contribution in [-0.4, -0.2) is 59.1 Å². The van der Waals surface area contributed by atoms with Crippen LogP contribution in [0.4, 0.5) is 0 Å². The monoisotopic (exact) mass is 570 g/mol. The second-order valence-corrected chi connectivity index (χ2v) is 9.06. The third-order valence-corrected chi connectivity index (χ3v) is 9.03. The van der Waals surface area contributed by atoms with Gasteiger partial charge in [-0.25, -0.2) is 4.98 Å². The summed E-state index contributed by atoms with van der Waals surface area (Å²) in [5, 5.41) is 0. The van der Waals surface area contributed by atoms with Gasteiger partial charge in [0.05, 0.1) is 20.8 Å². The zero-order chi connectivity index (χ0) is 16.6. The molecule has 0 atom stereocenters. The maximum Gasteiger partial charge on any atom is 0.105 e. The zero-order valence-corrected chi connectivity index (χ0v) is 19.2. The third-order valence-electron chi connectivity index (χ3n) is 4.30. The lowest BCUT2D eigenvalue weighted by atomic mass is 10.3. The second kappa shape index (κ2) is 7.83. The lowest BCUT2D eigenvalue weighted by molar-refractivity contribution is 0.151. The van der Waals surface area contributed by atoms with Crippen molar-refractivity contribution in [2.24, 2.45) is 0 Å². The van der Waals surface area contributed by atoms with Crippen LogP contribution in [0.3, 0.4) is 0 Å². The smallest absolute Gasteiger partial charge is 0.105 e. The molecule has 1 fully saturated rings. The van der Waals surface area contributed by atoms with Crippen LogP contribution >= 0.6 is 63.7 Å². The van der Waals surface area contributed by atoms with Crippen LogP contribution in [0.1, 0.15) is 6.42 Å². The molecule has 0 spiro atoms. The van der Waals surface area contributed by atoms with Gasteiger partial charge in [-0.3, -0.25) is 0 Å². The first kappa shape index (κ1) is 18.3. The largest absolute Gasteiger partial charge is 0.330 e. The summed E-state index contributed by atoms with van der Waals surface area (Å²) in [4.78, 5) is 9.52. The van der Waals surface area contributed by atoms with E-state index in [1.165, 1.54) is 26.2 Å². The minimum atomic E-state index is 0.974. The summed E-state index contributed by atoms with van der Waals surface area (Å²) >= 11 is 14.5. The molecule has 0 amide bonds. The summed E-state index contributed by atoms with van der Waals surface area (Å²) in [6.45, 7) is 6.82. The van der Waals surface area contributed by atoms with E-state index in [2.05, 4.69) is 90.1 Å². The first-order valence-corrected chi connectivity index (χ1v) is 10.7. The van der Waals surface area contributed by atoms with Gasteiger partial charge in [-0.2, -0.15) is 0 Å². The molecule has 1 aromatic heterocycles. The maximum absolute atomic E-state index is 4.57. The molecular formula is C15H18Br4N4. The number of fused-ring (bicyclic) bond motifs is 1. The van der Waals surface area contributed by atoms with E-state index >= 15 is 0 Å². The van der Waals surface area contributed by atoms with E-state index < -0.39 is 0 Å². The van der Waals surface area contributed by atoms with Crippen molar-refractivity contribution in [3.05, 3.63) is 24.2 Å². The lowest BCUT2D eigenvalue weighted by Gasteiger charge is -2.32. The summed E-state index contributed by atoms with van der Waals surface area (Å²) in [6, 6.07) is 0. The number of aryl methyl sites for hydroxylation is 1. The van der Waals surface area contributed by atoms with Gasteiger partial charge >= 0.3 is 0 Å². The molecule has 126 valence electrons. The highest BCUT2D eigenvalue weighted by atomic mass is 79.9. The standard InChI is InChI=1S/C15H18Br4N4/c1-21-5-7-22(8-6-21)3-2-4-23-9-20-14-12(18)10(16)11(17)13(19)15(14)23/h9H,2-8H2,1H3. The van der Waals surface area contributed by atoms with Gasteiger partial charge in [0.1, 0.15) is 5.52 Å². The molecule has 2 heterocycles. The Morgan fingerprint density at radius 3 is 2.26 bits per heavy atom. The molecule has 2 aromatic rings. The number of rotatable bonds is 4. The number of hydrogen-bond acceptors (Lipinski definition) is 3. The molecule has 0 bridgehead atoms. The van der Waals surface area contributed by atoms with Crippen molar-refractivity contribution in [3.63, 3.8) is 0 Å². The molecule has 0 radical (unpaired) electrons. The quantitative estimate of drug-likeness (QED) is 0.391. The summed E-state index contributed by atoms with van der Waals surface area (Å²) < 4.78 is 6.26. The molecule has 1 aliphatic rings. The van der Waals surface area contributed by atoms with Crippen LogP contribution in [0.25, 0.3) is 11.0 Å². The minimum Gasteiger partial charge on any atom is -0.330 e. The van der Waals surface area contributed by atoms with Crippen molar-refractivity contribution in [1.82, 2.24) is 19.4 Å². The van der Waals surface area contributed by atoms with Gasteiger partial charge in [-0.15, -0.1) is 0 Å². The molecule has 1 saturated heterocycles. The topological polar surface area (TPSA) is 24.3 Å². The van der Waals surface area contributed by atoms with E-state index in [4.69, 9.17) is 0 Å². The minimum absolute atomic E-state index is 0.974. The van der Waals surface area contributed by atoms with Gasteiger partial charge in [-0.05, 0) is 83.7 Å². The van der Waals surface area contributed by atoms with E-state index in [0.717, 1.165) is 48.4 Å². The van der Waals surface area contributed by atoms with Crippen LogP contribution in [0, 0.1) is 0 Å². The predicted octanol–water partition coefficient (Wildman–Crippen LogP) is 4.72. The number of nitrogens with zero attached hydrogens (tertiary/aromatic N) is 4. The number of hydrogen-bond donors (Lipinski definition) is 0. The van der Waals surface area contributed by atoms with Crippen molar-refractivity contribution in [3.8, 4) is 0 Å². The van der Waals surface area contributed by atoms with E-state index in [-0.39, 0.29) is 0 Å². The Balaban J connectivity index is 1.71. The van der Waals surface area contributed by atoms with Gasteiger partial charge in [0, 0.05) is 41.7 Å². The number of piperazine rings is 1. The Bertz CT molecular complexity index is 707. The fourth-order valence-corrected chi connectivity index (χ4v) is 5.29. The molecule has 3 rings (SSSR count). The molecular weight excluding hydrogens is 556 g/mol. The van der Waals surface area contributed by atoms with Crippen molar-refractivity contribution in [2.45, 2.75) is 13.0 Å². The number of likely N-dealkylation sites (N-methyl/N-ethyl adjacent to an activating group) is 1. The highest BCUT2D eigenvalue weighted by Gasteiger charge is 2.18. The van der Waals surface area contributed by atoms with Gasteiger partial charge < -0.3 is 14.4 Å². The number of aromatic nitrogens is 2. The van der Waals surface area contributed by atoms with Gasteiger partial charge in [-0.1, -0.05) is 0 Å². The molecule has 23 heavy (non-hydrogen) atoms. The Labute approximate surface area is 170 Å². The van der Waals surface area contributed by atoms with Crippen molar-refractivity contribution in [2.75, 3.05) is 39.8 Å². The summed E-state index contributed by atoms with van der Waals surface area (Å²) in [5.41, 5.74) is 2.11. The molecule has 8 heteroatoms. The summed E-state index contributed by atoms with van der Waals surface area (Å²) in [6.07, 6.45) is 3.07. The van der Waals surface area contributed by atoms with Crippen LogP contribution in [0.5, 0.6) is 0 Å². The maximum atomic E-state index is 4.57. The van der Waals surface area contributed by atoms with Gasteiger partial charge in [0.15, 0.2) is 0 Å². The average molecular weight is 574 g/mol. The first-order chi connectivity index (χ1) is 11.0. The molecule has 1 aliphatic heterocycles. The summed E-state index contributed by atoms with van der Waals surface area (Å²) in [5.74, 6) is 0. The number of imidazole rings is 1. The Morgan fingerprint density at radius 1 is 0.913 bits per heavy atom. The first-order valence-electron chi connectivity index (χ1n) is 7.56. The Hall–Kier alpha value is 0.530. The molecule has 0 unspecified atom stereocenters. The number of halogens is 4. The Kier molecular flexibility index (Phi) is 6.24. The normalized spacial score (nSPS) is 17.3. The van der Waals surface area contributed by atoms with E-state index in [0.29, 0.717) is 0 Å². The second-order valence-electron chi connectivity index (χ2n) is 5.89. The average Bonchev–Trinajstić information content (AvgIpc) is 2.97. The zero-order valence-electron chi connectivity index (χ0n) is 12.8. The van der Waals surface area contributed by atoms with Crippen molar-refractivity contribution >= 4 is 74.8 Å². The predicted molar refractivity (Wildman–Crippen MR) is 109 cm³/mol. The fourth-order valence-electron chi connectivity index (χ4n) is 2.88. The van der Waals surface area contributed by atoms with Gasteiger partial charge in [0.25, 0.3) is 0 Å². The highest BCUT2D eigenvalue weighted by molar-refractivity contribution is 9.15. The summed E-state index contributed by atoms with van der Waals surface area (Å²) in [7, 11) is 2.19. The van der Waals surface area contributed by atoms with E-state index in [1.807, 2.05) is 6.33 Å². The molecule has 4 nitrogen and oxygen atoms in total. The van der Waals surface area contributed by atoms with Crippen molar-refractivity contribution in [1.29, 1.82) is 0 Å². The Morgan fingerprint density at radius 2 is 1.57 bits per heavy atom. The van der Waals surface area contributed by atoms with Gasteiger partial charge in [0.2, 0.25) is 0 Å². The molecule has 0 saturated carbocycles. The lowest BCUT2D eigenvalue weighted by Crippen LogP contribution is -2.44. The van der Waals surface area contributed by atoms with Crippen LogP contribution in [-0.2, 0) is 6.54 Å². The van der Waals surface area contributed by atoms with E-state index in [1.54, 1.807) is 0 Å². The molecule has 0 aliphatic carbocycles. The molecule has 1 aromatic carbocycles. The third kappa shape index (κ3) is 3.87. The molecule has 0 N–H and O–H groups in total.